The van der Waals surface area contributed by atoms with Crippen LogP contribution in [0.3, 0.4) is 0 Å². The molecule has 0 fully saturated rings. The van der Waals surface area contributed by atoms with E-state index in [2.05, 4.69) is 6.07 Å². The van der Waals surface area contributed by atoms with Crippen molar-refractivity contribution < 1.29 is 4.79 Å². The van der Waals surface area contributed by atoms with Crippen LogP contribution in [0, 0.1) is 18.3 Å². The molecule has 0 aliphatic heterocycles. The van der Waals surface area contributed by atoms with Gasteiger partial charge in [0.05, 0.1) is 23.1 Å². The highest BCUT2D eigenvalue weighted by molar-refractivity contribution is 7.14. The number of hydrogen-bond donors (Lipinski definition) is 0. The van der Waals surface area contributed by atoms with Gasteiger partial charge in [-0.3, -0.25) is 4.79 Å². The van der Waals surface area contributed by atoms with Crippen LogP contribution < -0.4 is 0 Å². The molecule has 0 unspecified atom stereocenters. The number of carbonyl (C=O) groups excluding carboxylic acids is 1. The third-order valence-corrected chi connectivity index (χ3v) is 4.27. The Hall–Kier alpha value is -2.38. The molecule has 3 rings (SSSR count). The Morgan fingerprint density at radius 3 is 2.85 bits per heavy atom. The highest BCUT2D eigenvalue weighted by atomic mass is 32.1. The van der Waals surface area contributed by atoms with Crippen LogP contribution in [0.25, 0.3) is 10.9 Å². The summed E-state index contributed by atoms with van der Waals surface area (Å²) >= 11 is 1.52. The van der Waals surface area contributed by atoms with Gasteiger partial charge >= 0.3 is 0 Å². The van der Waals surface area contributed by atoms with Crippen molar-refractivity contribution in [2.75, 3.05) is 0 Å². The van der Waals surface area contributed by atoms with E-state index < -0.39 is 0 Å². The fraction of sp³-hybridized carbons (Fsp3) is 0.125. The molecule has 3 aromatic rings. The Kier molecular flexibility index (Phi) is 3.13. The summed E-state index contributed by atoms with van der Waals surface area (Å²) in [6.45, 7) is 2.30. The highest BCUT2D eigenvalue weighted by Gasteiger charge is 2.11. The minimum atomic E-state index is 0.1000. The monoisotopic (exact) mass is 280 g/mol. The lowest BCUT2D eigenvalue weighted by Crippen LogP contribution is -2.07. The van der Waals surface area contributed by atoms with Gasteiger partial charge < -0.3 is 4.57 Å². The number of hydrogen-bond acceptors (Lipinski definition) is 3. The van der Waals surface area contributed by atoms with Gasteiger partial charge in [0.1, 0.15) is 0 Å². The van der Waals surface area contributed by atoms with Crippen LogP contribution in [0.1, 0.15) is 20.1 Å². The summed E-state index contributed by atoms with van der Waals surface area (Å²) in [4.78, 5) is 14.2. The van der Waals surface area contributed by atoms with Crippen molar-refractivity contribution in [3.05, 3.63) is 57.9 Å². The molecule has 0 amide bonds. The summed E-state index contributed by atoms with van der Waals surface area (Å²) in [6.07, 6.45) is 1.89. The number of aromatic nitrogens is 1. The van der Waals surface area contributed by atoms with Crippen molar-refractivity contribution in [2.24, 2.45) is 0 Å². The average molecular weight is 280 g/mol. The Morgan fingerprint density at radius 2 is 2.15 bits per heavy atom. The van der Waals surface area contributed by atoms with Crippen LogP contribution in [0.2, 0.25) is 0 Å². The van der Waals surface area contributed by atoms with Crippen molar-refractivity contribution in [1.29, 1.82) is 5.26 Å². The third kappa shape index (κ3) is 2.24. The minimum absolute atomic E-state index is 0.1000. The first kappa shape index (κ1) is 12.6. The highest BCUT2D eigenvalue weighted by Crippen LogP contribution is 2.20. The molecule has 0 N–H and O–H groups in total. The number of benzene rings is 1. The second-order valence-corrected chi connectivity index (χ2v) is 5.95. The molecular weight excluding hydrogens is 268 g/mol. The molecule has 0 saturated heterocycles. The van der Waals surface area contributed by atoms with E-state index in [4.69, 9.17) is 5.26 Å². The van der Waals surface area contributed by atoms with E-state index in [0.717, 1.165) is 20.7 Å². The number of nitrogens with zero attached hydrogens (tertiary/aromatic N) is 2. The van der Waals surface area contributed by atoms with Gasteiger partial charge in [-0.2, -0.15) is 5.26 Å². The zero-order valence-electron chi connectivity index (χ0n) is 11.0. The zero-order chi connectivity index (χ0) is 14.1. The lowest BCUT2D eigenvalue weighted by Gasteiger charge is -2.03. The van der Waals surface area contributed by atoms with Gasteiger partial charge in [-0.15, -0.1) is 11.3 Å². The topological polar surface area (TPSA) is 45.8 Å². The van der Waals surface area contributed by atoms with Gasteiger partial charge in [-0.1, -0.05) is 6.07 Å². The second-order valence-electron chi connectivity index (χ2n) is 4.66. The number of thiophene rings is 1. The average Bonchev–Trinajstić information content (AvgIpc) is 3.05. The van der Waals surface area contributed by atoms with Gasteiger partial charge in [0.15, 0.2) is 5.78 Å². The Balaban J connectivity index is 1.95. The van der Waals surface area contributed by atoms with Crippen LogP contribution in [-0.2, 0) is 6.54 Å². The molecule has 0 spiro atoms. The van der Waals surface area contributed by atoms with E-state index in [9.17, 15) is 4.79 Å². The molecule has 2 aromatic heterocycles. The molecule has 2 heterocycles. The molecule has 1 aromatic carbocycles. The van der Waals surface area contributed by atoms with Crippen LogP contribution >= 0.6 is 11.3 Å². The lowest BCUT2D eigenvalue weighted by molar-refractivity contribution is 0.0977. The number of rotatable bonds is 3. The maximum atomic E-state index is 12.2. The molecule has 0 radical (unpaired) electrons. The van der Waals surface area contributed by atoms with E-state index in [1.54, 1.807) is 6.07 Å². The van der Waals surface area contributed by atoms with E-state index >= 15 is 0 Å². The summed E-state index contributed by atoms with van der Waals surface area (Å²) in [5.41, 5.74) is 1.53. The fourth-order valence-electron chi connectivity index (χ4n) is 2.21. The summed E-state index contributed by atoms with van der Waals surface area (Å²) in [7, 11) is 0. The number of ketones is 1. The quantitative estimate of drug-likeness (QED) is 0.686. The summed E-state index contributed by atoms with van der Waals surface area (Å²) in [5, 5.41) is 10.0. The maximum Gasteiger partial charge on any atom is 0.192 e. The van der Waals surface area contributed by atoms with Crippen LogP contribution in [0.5, 0.6) is 0 Å². The predicted molar refractivity (Wildman–Crippen MR) is 80.0 cm³/mol. The van der Waals surface area contributed by atoms with E-state index in [1.165, 1.54) is 11.3 Å². The van der Waals surface area contributed by atoms with Crippen molar-refractivity contribution in [2.45, 2.75) is 13.5 Å². The Labute approximate surface area is 120 Å². The van der Waals surface area contributed by atoms with E-state index in [0.29, 0.717) is 12.1 Å². The molecule has 0 atom stereocenters. The molecule has 0 aliphatic carbocycles. The van der Waals surface area contributed by atoms with Gasteiger partial charge in [0.2, 0.25) is 0 Å². The van der Waals surface area contributed by atoms with E-state index in [-0.39, 0.29) is 5.78 Å². The van der Waals surface area contributed by atoms with Gasteiger partial charge in [-0.25, -0.2) is 0 Å². The SMILES string of the molecule is Cc1ccc(C(=O)Cn2ccc3ccc(C#N)cc32)s1. The molecule has 0 saturated carbocycles. The molecule has 98 valence electrons. The first-order chi connectivity index (χ1) is 9.67. The second kappa shape index (κ2) is 4.95. The number of nitriles is 1. The molecule has 4 heteroatoms. The maximum absolute atomic E-state index is 12.2. The molecule has 0 bridgehead atoms. The molecule has 3 nitrogen and oxygen atoms in total. The van der Waals surface area contributed by atoms with Gasteiger partial charge in [0, 0.05) is 16.6 Å². The van der Waals surface area contributed by atoms with Gasteiger partial charge in [-0.05, 0) is 42.6 Å². The first-order valence-corrected chi connectivity index (χ1v) is 7.07. The number of Topliss-reactive ketones (excluding diaryl/α,β-unsaturated/α-hetero) is 1. The number of fused-ring (bicyclic) bond motifs is 1. The largest absolute Gasteiger partial charge is 0.340 e. The number of aryl methyl sites for hydroxylation is 1. The third-order valence-electron chi connectivity index (χ3n) is 3.23. The zero-order valence-corrected chi connectivity index (χ0v) is 11.8. The Morgan fingerprint density at radius 1 is 1.30 bits per heavy atom. The van der Waals surface area contributed by atoms with Gasteiger partial charge in [0.25, 0.3) is 0 Å². The first-order valence-electron chi connectivity index (χ1n) is 6.26. The van der Waals surface area contributed by atoms with Crippen LogP contribution in [0.15, 0.2) is 42.6 Å². The van der Waals surface area contributed by atoms with Crippen LogP contribution in [-0.4, -0.2) is 10.4 Å². The van der Waals surface area contributed by atoms with Crippen LogP contribution in [0.4, 0.5) is 0 Å². The smallest absolute Gasteiger partial charge is 0.192 e. The summed E-state index contributed by atoms with van der Waals surface area (Å²) < 4.78 is 1.90. The molecule has 0 aliphatic rings. The fourth-order valence-corrected chi connectivity index (χ4v) is 3.01. The lowest BCUT2D eigenvalue weighted by atomic mass is 10.2. The predicted octanol–water partition coefficient (Wildman–Crippen LogP) is 3.77. The minimum Gasteiger partial charge on any atom is -0.340 e. The normalized spacial score (nSPS) is 10.6. The molecule has 20 heavy (non-hydrogen) atoms. The Bertz CT molecular complexity index is 836. The number of carbonyl (C=O) groups is 1. The van der Waals surface area contributed by atoms with Crippen molar-refractivity contribution in [1.82, 2.24) is 4.57 Å². The van der Waals surface area contributed by atoms with Crippen molar-refractivity contribution in [3.8, 4) is 6.07 Å². The summed E-state index contributed by atoms with van der Waals surface area (Å²) in [6, 6.07) is 13.4. The molecular formula is C16H12N2OS. The van der Waals surface area contributed by atoms with Crippen molar-refractivity contribution in [3.63, 3.8) is 0 Å². The van der Waals surface area contributed by atoms with Crippen molar-refractivity contribution >= 4 is 28.0 Å². The standard InChI is InChI=1S/C16H12N2OS/c1-11-2-5-16(20-11)15(19)10-18-7-6-13-4-3-12(9-17)8-14(13)18/h2-8H,10H2,1H3. The van der Waals surface area contributed by atoms with E-state index in [1.807, 2.05) is 48.0 Å². The summed E-state index contributed by atoms with van der Waals surface area (Å²) in [5.74, 6) is 0.1000.